The van der Waals surface area contributed by atoms with Crippen molar-refractivity contribution in [1.29, 1.82) is 0 Å². The fourth-order valence-corrected chi connectivity index (χ4v) is 6.92. The van der Waals surface area contributed by atoms with E-state index in [4.69, 9.17) is 5.73 Å². The van der Waals surface area contributed by atoms with E-state index in [9.17, 15) is 39.9 Å². The first-order valence-electron chi connectivity index (χ1n) is 12.7. The van der Waals surface area contributed by atoms with Crippen molar-refractivity contribution in [1.82, 2.24) is 4.90 Å². The molecule has 1 amide bonds. The van der Waals surface area contributed by atoms with Crippen LogP contribution in [0, 0.1) is 11.8 Å². The second-order valence-electron chi connectivity index (χ2n) is 11.6. The van der Waals surface area contributed by atoms with E-state index in [0.29, 0.717) is 11.1 Å². The Kier molecular flexibility index (Phi) is 6.54. The number of aliphatic hydroxyl groups is 4. The molecule has 1 saturated carbocycles. The molecule has 0 spiro atoms. The number of phenols is 1. The summed E-state index contributed by atoms with van der Waals surface area (Å²) in [4.78, 5) is 40.7. The van der Waals surface area contributed by atoms with E-state index in [1.165, 1.54) is 19.0 Å². The van der Waals surface area contributed by atoms with Crippen LogP contribution in [0.4, 0.5) is 0 Å². The van der Waals surface area contributed by atoms with Crippen LogP contribution < -0.4 is 5.73 Å². The first-order valence-corrected chi connectivity index (χ1v) is 12.7. The smallest absolute Gasteiger partial charge is 0.255 e. The molecule has 3 aliphatic rings. The van der Waals surface area contributed by atoms with Gasteiger partial charge in [0.25, 0.3) is 5.91 Å². The Morgan fingerprint density at radius 2 is 1.76 bits per heavy atom. The molecule has 38 heavy (non-hydrogen) atoms. The van der Waals surface area contributed by atoms with Crippen LogP contribution in [0.25, 0.3) is 5.76 Å². The van der Waals surface area contributed by atoms with E-state index >= 15 is 0 Å². The van der Waals surface area contributed by atoms with E-state index in [1.54, 1.807) is 19.1 Å². The number of rotatable bonds is 5. The topological polar surface area (TPSA) is 182 Å². The van der Waals surface area contributed by atoms with Crippen LogP contribution in [0.1, 0.15) is 63.1 Å². The third-order valence-corrected chi connectivity index (χ3v) is 8.73. The van der Waals surface area contributed by atoms with Gasteiger partial charge in [-0.15, -0.1) is 0 Å². The van der Waals surface area contributed by atoms with Gasteiger partial charge in [0.05, 0.1) is 23.6 Å². The number of aromatic hydroxyl groups is 1. The highest BCUT2D eigenvalue weighted by Crippen LogP contribution is 2.57. The lowest BCUT2D eigenvalue weighted by Gasteiger charge is -2.53. The van der Waals surface area contributed by atoms with Crippen molar-refractivity contribution in [3.63, 3.8) is 0 Å². The molecule has 0 aromatic heterocycles. The Balaban J connectivity index is 2.03. The number of hydrogen-bond acceptors (Lipinski definition) is 9. The number of carbonyl (C=O) groups is 3. The molecular weight excluding hydrogens is 492 g/mol. The largest absolute Gasteiger partial charge is 0.508 e. The number of amides is 1. The van der Waals surface area contributed by atoms with Crippen LogP contribution in [0.2, 0.25) is 0 Å². The molecule has 1 fully saturated rings. The second-order valence-corrected chi connectivity index (χ2v) is 11.6. The van der Waals surface area contributed by atoms with E-state index in [2.05, 4.69) is 0 Å². The highest BCUT2D eigenvalue weighted by molar-refractivity contribution is 6.24. The Bertz CT molecular complexity index is 1310. The maximum Gasteiger partial charge on any atom is 0.255 e. The van der Waals surface area contributed by atoms with Crippen molar-refractivity contribution in [2.75, 3.05) is 14.1 Å². The third-order valence-electron chi connectivity index (χ3n) is 8.73. The van der Waals surface area contributed by atoms with Crippen molar-refractivity contribution >= 4 is 23.2 Å². The molecule has 7 N–H and O–H groups in total. The Morgan fingerprint density at radius 1 is 1.16 bits per heavy atom. The number of likely N-dealkylation sites (N-methyl/N-ethyl adjacent to an activating group) is 1. The SMILES string of the molecule is CCCC(C)(C)c1ccc2c(c1O)C(O)=C1C(=O)C3(O)C(O)=C(C(N)=O)C(=O)C(N(C)C)C3C(O)C1C2C. The van der Waals surface area contributed by atoms with Gasteiger partial charge in [-0.25, -0.2) is 0 Å². The number of nitrogens with zero attached hydrogens (tertiary/aromatic N) is 1. The van der Waals surface area contributed by atoms with Crippen molar-refractivity contribution < 1.29 is 39.9 Å². The first-order chi connectivity index (χ1) is 17.5. The minimum Gasteiger partial charge on any atom is -0.508 e. The summed E-state index contributed by atoms with van der Waals surface area (Å²) in [6.45, 7) is 7.63. The van der Waals surface area contributed by atoms with Gasteiger partial charge in [0.15, 0.2) is 11.4 Å². The minimum absolute atomic E-state index is 0.0164. The highest BCUT2D eigenvalue weighted by Gasteiger charge is 2.68. The van der Waals surface area contributed by atoms with Crippen LogP contribution in [0.15, 0.2) is 29.0 Å². The number of benzene rings is 1. The molecule has 0 radical (unpaired) electrons. The molecule has 4 rings (SSSR count). The van der Waals surface area contributed by atoms with E-state index in [0.717, 1.165) is 12.8 Å². The third kappa shape index (κ3) is 3.47. The molecule has 3 aliphatic carbocycles. The summed E-state index contributed by atoms with van der Waals surface area (Å²) in [5.74, 6) is -8.79. The average Bonchev–Trinajstić information content (AvgIpc) is 2.80. The van der Waals surface area contributed by atoms with Gasteiger partial charge in [-0.05, 0) is 37.4 Å². The lowest BCUT2D eigenvalue weighted by Crippen LogP contribution is -2.70. The van der Waals surface area contributed by atoms with Gasteiger partial charge in [0.1, 0.15) is 22.8 Å². The standard InChI is InChI=1S/C28H36N2O8/c1-7-10-27(3,4)13-9-8-12-11(2)14-16(21(32)15(12)20(13)31)24(35)28(38)18(22(14)33)19(30(5)6)23(34)17(25(28)36)26(29)37/h8-9,11,14,18-19,22,31-33,36,38H,7,10H2,1-6H3,(H2,29,37). The Morgan fingerprint density at radius 3 is 2.29 bits per heavy atom. The molecule has 6 atom stereocenters. The highest BCUT2D eigenvalue weighted by atomic mass is 16.4. The lowest BCUT2D eigenvalue weighted by molar-refractivity contribution is -0.169. The zero-order valence-electron chi connectivity index (χ0n) is 22.4. The fraction of sp³-hybridized carbons (Fsp3) is 0.536. The number of Topliss-reactive ketones (excluding diaryl/α,β-unsaturated/α-hetero) is 2. The van der Waals surface area contributed by atoms with Crippen molar-refractivity contribution in [3.05, 3.63) is 45.7 Å². The predicted octanol–water partition coefficient (Wildman–Crippen LogP) is 1.57. The van der Waals surface area contributed by atoms with E-state index in [-0.39, 0.29) is 16.9 Å². The molecule has 10 heteroatoms. The molecule has 1 aromatic carbocycles. The van der Waals surface area contributed by atoms with Crippen LogP contribution >= 0.6 is 0 Å². The summed E-state index contributed by atoms with van der Waals surface area (Å²) < 4.78 is 0. The quantitative estimate of drug-likeness (QED) is 0.309. The molecule has 0 aliphatic heterocycles. The van der Waals surface area contributed by atoms with Crippen molar-refractivity contribution in [2.24, 2.45) is 17.6 Å². The number of phenolic OH excluding ortho intramolecular Hbond substituents is 1. The van der Waals surface area contributed by atoms with Gasteiger partial charge >= 0.3 is 0 Å². The summed E-state index contributed by atoms with van der Waals surface area (Å²) in [5, 5.41) is 57.2. The summed E-state index contributed by atoms with van der Waals surface area (Å²) in [6.07, 6.45) is -0.0276. The summed E-state index contributed by atoms with van der Waals surface area (Å²) in [5.41, 5.74) is 1.71. The van der Waals surface area contributed by atoms with Gasteiger partial charge in [-0.3, -0.25) is 19.3 Å². The van der Waals surface area contributed by atoms with Gasteiger partial charge in [-0.2, -0.15) is 0 Å². The number of hydrogen-bond donors (Lipinski definition) is 6. The summed E-state index contributed by atoms with van der Waals surface area (Å²) >= 11 is 0. The van der Waals surface area contributed by atoms with Crippen molar-refractivity contribution in [2.45, 2.75) is 69.6 Å². The number of aliphatic hydroxyl groups excluding tert-OH is 3. The predicted molar refractivity (Wildman–Crippen MR) is 138 cm³/mol. The molecular formula is C28H36N2O8. The maximum absolute atomic E-state index is 14.0. The fourth-order valence-electron chi connectivity index (χ4n) is 6.92. The molecule has 0 saturated heterocycles. The molecule has 6 unspecified atom stereocenters. The normalized spacial score (nSPS) is 31.3. The average molecular weight is 529 g/mol. The summed E-state index contributed by atoms with van der Waals surface area (Å²) in [6, 6.07) is 2.14. The molecule has 10 nitrogen and oxygen atoms in total. The number of primary amides is 1. The minimum atomic E-state index is -2.92. The monoisotopic (exact) mass is 528 g/mol. The van der Waals surface area contributed by atoms with Crippen LogP contribution in [-0.4, -0.2) is 79.7 Å². The van der Waals surface area contributed by atoms with Gasteiger partial charge < -0.3 is 31.3 Å². The van der Waals surface area contributed by atoms with Gasteiger partial charge in [-0.1, -0.05) is 46.2 Å². The number of fused-ring (bicyclic) bond motifs is 3. The molecule has 1 aromatic rings. The van der Waals surface area contributed by atoms with Crippen LogP contribution in [-0.2, 0) is 19.8 Å². The number of nitrogens with two attached hydrogens (primary N) is 1. The van der Waals surface area contributed by atoms with Gasteiger partial charge in [0, 0.05) is 17.1 Å². The summed E-state index contributed by atoms with van der Waals surface area (Å²) in [7, 11) is 2.95. The number of carbonyl (C=O) groups excluding carboxylic acids is 3. The van der Waals surface area contributed by atoms with Crippen LogP contribution in [0.3, 0.4) is 0 Å². The molecule has 206 valence electrons. The lowest BCUT2D eigenvalue weighted by atomic mass is 9.54. The molecule has 0 bridgehead atoms. The maximum atomic E-state index is 14.0. The van der Waals surface area contributed by atoms with E-state index < -0.39 is 75.5 Å². The van der Waals surface area contributed by atoms with Crippen LogP contribution in [0.5, 0.6) is 5.75 Å². The molecule has 0 heterocycles. The first kappa shape index (κ1) is 27.8. The Hall–Kier alpha value is -3.21. The number of ketones is 2. The zero-order valence-corrected chi connectivity index (χ0v) is 22.4. The Labute approximate surface area is 221 Å². The van der Waals surface area contributed by atoms with E-state index in [1.807, 2.05) is 20.8 Å². The second kappa shape index (κ2) is 8.93. The van der Waals surface area contributed by atoms with Gasteiger partial charge in [0.2, 0.25) is 5.78 Å². The van der Waals surface area contributed by atoms with Crippen molar-refractivity contribution in [3.8, 4) is 5.75 Å². The zero-order chi connectivity index (χ0) is 28.6.